The Kier molecular flexibility index (Phi) is 7.74. The van der Waals surface area contributed by atoms with Gasteiger partial charge in [-0.25, -0.2) is 4.79 Å². The van der Waals surface area contributed by atoms with E-state index in [0.29, 0.717) is 30.9 Å². The maximum absolute atomic E-state index is 12.2. The van der Waals surface area contributed by atoms with E-state index in [1.54, 1.807) is 24.3 Å². The summed E-state index contributed by atoms with van der Waals surface area (Å²) >= 11 is 0. The number of nitrogens with one attached hydrogen (secondary N) is 2. The Balaban J connectivity index is 0.00000155. The molecule has 8 nitrogen and oxygen atoms in total. The van der Waals surface area contributed by atoms with Crippen LogP contribution in [0.25, 0.3) is 11.1 Å². The van der Waals surface area contributed by atoms with Crippen molar-refractivity contribution in [2.75, 3.05) is 13.1 Å². The first-order chi connectivity index (χ1) is 14.3. The highest BCUT2D eigenvalue weighted by atomic mass is 16.6. The average molecular weight is 415 g/mol. The summed E-state index contributed by atoms with van der Waals surface area (Å²) in [5.74, 6) is -0.146. The largest absolute Gasteiger partial charge is 0.444 e. The van der Waals surface area contributed by atoms with Crippen molar-refractivity contribution in [1.82, 2.24) is 15.2 Å². The first-order valence-electron chi connectivity index (χ1n) is 10.2. The number of hydrogen-bond donors (Lipinski definition) is 2. The van der Waals surface area contributed by atoms with Gasteiger partial charge in [-0.2, -0.15) is 0 Å². The Morgan fingerprint density at radius 3 is 2.67 bits per heavy atom. The molecular weight excluding hydrogens is 384 g/mol. The third-order valence-corrected chi connectivity index (χ3v) is 4.40. The van der Waals surface area contributed by atoms with Gasteiger partial charge in [0.1, 0.15) is 17.0 Å². The maximum atomic E-state index is 12.2. The molecule has 2 heterocycles. The summed E-state index contributed by atoms with van der Waals surface area (Å²) in [6.45, 7) is 10.3. The number of alkyl carbamates (subject to hydrolysis) is 1. The number of benzene rings is 1. The molecule has 1 atom stereocenters. The number of carbonyl (C=O) groups excluding carboxylic acids is 2. The van der Waals surface area contributed by atoms with Gasteiger partial charge in [-0.3, -0.25) is 4.79 Å². The van der Waals surface area contributed by atoms with Crippen LogP contribution in [0, 0.1) is 4.91 Å². The second kappa shape index (κ2) is 10.0. The predicted octanol–water partition coefficient (Wildman–Crippen LogP) is 4.78. The van der Waals surface area contributed by atoms with Crippen molar-refractivity contribution in [3.8, 4) is 11.1 Å². The van der Waals surface area contributed by atoms with Crippen molar-refractivity contribution >= 4 is 17.7 Å². The van der Waals surface area contributed by atoms with E-state index in [4.69, 9.17) is 4.74 Å². The zero-order valence-corrected chi connectivity index (χ0v) is 18.2. The number of ether oxygens (including phenoxy) is 1. The van der Waals surface area contributed by atoms with Gasteiger partial charge in [0.25, 0.3) is 5.91 Å². The highest BCUT2D eigenvalue weighted by Crippen LogP contribution is 2.29. The van der Waals surface area contributed by atoms with Crippen molar-refractivity contribution in [3.05, 3.63) is 47.1 Å². The molecule has 0 spiro atoms. The molecule has 0 saturated heterocycles. The van der Waals surface area contributed by atoms with Gasteiger partial charge in [0.05, 0.1) is 6.04 Å². The lowest BCUT2D eigenvalue weighted by Crippen LogP contribution is -2.40. The Hall–Kier alpha value is -3.16. The molecule has 0 bridgehead atoms. The van der Waals surface area contributed by atoms with E-state index in [2.05, 4.69) is 15.8 Å². The molecule has 0 radical (unpaired) electrons. The van der Waals surface area contributed by atoms with Gasteiger partial charge in [0, 0.05) is 24.8 Å². The Labute approximate surface area is 177 Å². The molecule has 3 rings (SSSR count). The second-order valence-electron chi connectivity index (χ2n) is 7.74. The van der Waals surface area contributed by atoms with Crippen LogP contribution in [0.4, 0.5) is 10.5 Å². The number of rotatable bonds is 5. The van der Waals surface area contributed by atoms with Crippen LogP contribution in [0.3, 0.4) is 0 Å². The predicted molar refractivity (Wildman–Crippen MR) is 117 cm³/mol. The van der Waals surface area contributed by atoms with Crippen LogP contribution in [0.5, 0.6) is 0 Å². The summed E-state index contributed by atoms with van der Waals surface area (Å²) < 4.78 is 7.16. The number of carbonyl (C=O) groups is 2. The molecule has 8 heteroatoms. The summed E-state index contributed by atoms with van der Waals surface area (Å²) in [7, 11) is 0. The van der Waals surface area contributed by atoms with Crippen LogP contribution in [-0.2, 0) is 4.74 Å². The zero-order chi connectivity index (χ0) is 22.3. The van der Waals surface area contributed by atoms with Crippen LogP contribution in [0.15, 0.2) is 41.7 Å². The van der Waals surface area contributed by atoms with Crippen molar-refractivity contribution < 1.29 is 14.3 Å². The molecule has 1 aliphatic heterocycles. The fourth-order valence-electron chi connectivity index (χ4n) is 3.16. The number of aromatic nitrogens is 1. The molecule has 2 N–H and O–H groups in total. The molecular formula is C22H30N4O4. The molecule has 0 unspecified atom stereocenters. The fourth-order valence-corrected chi connectivity index (χ4v) is 3.16. The smallest absolute Gasteiger partial charge is 0.407 e. The van der Waals surface area contributed by atoms with E-state index in [-0.39, 0.29) is 11.9 Å². The Morgan fingerprint density at radius 1 is 1.27 bits per heavy atom. The average Bonchev–Trinajstić information content (AvgIpc) is 3.16. The van der Waals surface area contributed by atoms with E-state index < -0.39 is 11.7 Å². The van der Waals surface area contributed by atoms with E-state index >= 15 is 0 Å². The maximum Gasteiger partial charge on any atom is 0.407 e. The molecule has 2 amide bonds. The third kappa shape index (κ3) is 5.92. The van der Waals surface area contributed by atoms with Gasteiger partial charge in [-0.1, -0.05) is 26.0 Å². The Bertz CT molecular complexity index is 899. The summed E-state index contributed by atoms with van der Waals surface area (Å²) in [5, 5.41) is 8.59. The number of hydrogen-bond acceptors (Lipinski definition) is 5. The summed E-state index contributed by atoms with van der Waals surface area (Å²) in [6.07, 6.45) is 2.08. The number of fused-ring (bicyclic) bond motifs is 1. The van der Waals surface area contributed by atoms with E-state index in [1.807, 2.05) is 51.4 Å². The summed E-state index contributed by atoms with van der Waals surface area (Å²) in [5.41, 5.74) is 1.99. The molecule has 0 fully saturated rings. The molecule has 1 aromatic heterocycles. The fraction of sp³-hybridized carbons (Fsp3) is 0.455. The minimum Gasteiger partial charge on any atom is -0.444 e. The van der Waals surface area contributed by atoms with Crippen molar-refractivity contribution in [2.45, 2.75) is 52.7 Å². The number of nitrogens with zero attached hydrogens (tertiary/aromatic N) is 2. The topological polar surface area (TPSA) is 102 Å². The molecule has 2 aromatic rings. The van der Waals surface area contributed by atoms with Gasteiger partial charge >= 0.3 is 6.09 Å². The van der Waals surface area contributed by atoms with Crippen LogP contribution >= 0.6 is 0 Å². The van der Waals surface area contributed by atoms with Crippen molar-refractivity contribution in [2.24, 2.45) is 5.18 Å². The lowest BCUT2D eigenvalue weighted by Gasteiger charge is -2.27. The molecule has 162 valence electrons. The highest BCUT2D eigenvalue weighted by Gasteiger charge is 2.26. The van der Waals surface area contributed by atoms with Crippen LogP contribution < -0.4 is 10.6 Å². The van der Waals surface area contributed by atoms with Crippen LogP contribution in [-0.4, -0.2) is 35.3 Å². The quantitative estimate of drug-likeness (QED) is 0.688. The van der Waals surface area contributed by atoms with Gasteiger partial charge in [-0.15, -0.1) is 4.91 Å². The lowest BCUT2D eigenvalue weighted by molar-refractivity contribution is 0.0523. The molecule has 0 saturated carbocycles. The first kappa shape index (κ1) is 23.1. The van der Waals surface area contributed by atoms with Crippen LogP contribution in [0.2, 0.25) is 0 Å². The minimum atomic E-state index is -0.545. The molecule has 1 aromatic carbocycles. The number of nitroso groups, excluding NO2 is 1. The van der Waals surface area contributed by atoms with Crippen molar-refractivity contribution in [1.29, 1.82) is 0 Å². The van der Waals surface area contributed by atoms with Gasteiger partial charge in [-0.05, 0) is 56.1 Å². The number of amides is 2. The van der Waals surface area contributed by atoms with Gasteiger partial charge in [0.15, 0.2) is 0 Å². The zero-order valence-electron chi connectivity index (χ0n) is 18.2. The highest BCUT2D eigenvalue weighted by molar-refractivity contribution is 5.95. The summed E-state index contributed by atoms with van der Waals surface area (Å²) in [6, 6.07) is 8.74. The van der Waals surface area contributed by atoms with Gasteiger partial charge in [0.2, 0.25) is 0 Å². The summed E-state index contributed by atoms with van der Waals surface area (Å²) in [4.78, 5) is 34.8. The second-order valence-corrected chi connectivity index (χ2v) is 7.74. The molecule has 1 aliphatic rings. The Morgan fingerprint density at radius 2 is 2.00 bits per heavy atom. The van der Waals surface area contributed by atoms with E-state index in [9.17, 15) is 14.5 Å². The van der Waals surface area contributed by atoms with E-state index in [0.717, 1.165) is 11.1 Å². The van der Waals surface area contributed by atoms with E-state index in [1.165, 1.54) is 0 Å². The minimum absolute atomic E-state index is 0.00349. The van der Waals surface area contributed by atoms with Crippen LogP contribution in [0.1, 0.15) is 57.6 Å². The lowest BCUT2D eigenvalue weighted by atomic mass is 10.1. The first-order valence-corrected chi connectivity index (χ1v) is 10.2. The SMILES string of the molecule is CC.CC(C)(C)OC(=O)NCC[C@H]1CNC(=O)c2cc(-c3cccc(N=O)c3)cn21. The normalized spacial score (nSPS) is 15.2. The van der Waals surface area contributed by atoms with Crippen molar-refractivity contribution in [3.63, 3.8) is 0 Å². The third-order valence-electron chi connectivity index (χ3n) is 4.40. The van der Waals surface area contributed by atoms with Gasteiger partial charge < -0.3 is 19.9 Å². The standard InChI is InChI=1S/C20H24N4O4.C2H6/c1-20(2,3)28-19(26)21-8-7-16-11-22-18(25)17-10-14(12-24(16)17)13-5-4-6-15(9-13)23-27;1-2/h4-6,9-10,12,16H,7-8,11H2,1-3H3,(H,21,26)(H,22,25);1-2H3/t16-;/m0./s1. The molecule has 30 heavy (non-hydrogen) atoms. The monoisotopic (exact) mass is 414 g/mol. The molecule has 0 aliphatic carbocycles.